The minimum absolute atomic E-state index is 0.288. The SMILES string of the molecule is COc1ccc2c(c1)CCCN2C(=O)COC(=O)[C@H](C)N1C(=O)C2CCCCC2C1=O. The van der Waals surface area contributed by atoms with Gasteiger partial charge in [0.25, 0.3) is 5.91 Å². The molecule has 0 bridgehead atoms. The molecular weight excluding hydrogens is 400 g/mol. The molecule has 8 heteroatoms. The summed E-state index contributed by atoms with van der Waals surface area (Å²) < 4.78 is 10.5. The molecule has 0 radical (unpaired) electrons. The number of anilines is 1. The van der Waals surface area contributed by atoms with Crippen molar-refractivity contribution >= 4 is 29.4 Å². The number of carbonyl (C=O) groups is 4. The fourth-order valence-corrected chi connectivity index (χ4v) is 4.97. The number of fused-ring (bicyclic) bond motifs is 2. The summed E-state index contributed by atoms with van der Waals surface area (Å²) in [7, 11) is 1.60. The van der Waals surface area contributed by atoms with Gasteiger partial charge in [0.2, 0.25) is 11.8 Å². The summed E-state index contributed by atoms with van der Waals surface area (Å²) in [6.45, 7) is 1.60. The molecule has 166 valence electrons. The van der Waals surface area contributed by atoms with Crippen molar-refractivity contribution in [3.05, 3.63) is 23.8 Å². The number of imide groups is 1. The third-order valence-electron chi connectivity index (χ3n) is 6.65. The van der Waals surface area contributed by atoms with Crippen LogP contribution in [0.25, 0.3) is 0 Å². The summed E-state index contributed by atoms with van der Waals surface area (Å²) in [5.74, 6) is -1.55. The van der Waals surface area contributed by atoms with Gasteiger partial charge in [0, 0.05) is 12.2 Å². The average Bonchev–Trinajstić information content (AvgIpc) is 3.06. The number of ether oxygens (including phenoxy) is 2. The highest BCUT2D eigenvalue weighted by Crippen LogP contribution is 2.39. The first kappa shape index (κ1) is 21.3. The number of nitrogens with zero attached hydrogens (tertiary/aromatic N) is 2. The first-order valence-electron chi connectivity index (χ1n) is 10.9. The number of carbonyl (C=O) groups excluding carboxylic acids is 4. The molecule has 0 aromatic heterocycles. The fourth-order valence-electron chi connectivity index (χ4n) is 4.97. The van der Waals surface area contributed by atoms with Gasteiger partial charge < -0.3 is 14.4 Å². The van der Waals surface area contributed by atoms with Crippen LogP contribution >= 0.6 is 0 Å². The van der Waals surface area contributed by atoms with Gasteiger partial charge in [0.1, 0.15) is 11.8 Å². The molecule has 3 atom stereocenters. The van der Waals surface area contributed by atoms with Crippen LogP contribution in [0, 0.1) is 11.8 Å². The van der Waals surface area contributed by atoms with Crippen molar-refractivity contribution in [3.8, 4) is 5.75 Å². The van der Waals surface area contributed by atoms with Crippen molar-refractivity contribution in [2.24, 2.45) is 11.8 Å². The number of rotatable bonds is 5. The Morgan fingerprint density at radius 3 is 2.42 bits per heavy atom. The van der Waals surface area contributed by atoms with Gasteiger partial charge in [0.05, 0.1) is 18.9 Å². The van der Waals surface area contributed by atoms with Crippen LogP contribution in [-0.4, -0.2) is 54.9 Å². The predicted octanol–water partition coefficient (Wildman–Crippen LogP) is 2.08. The number of benzene rings is 1. The van der Waals surface area contributed by atoms with Gasteiger partial charge in [0.15, 0.2) is 6.61 Å². The molecule has 3 aliphatic rings. The van der Waals surface area contributed by atoms with Crippen LogP contribution in [0.3, 0.4) is 0 Å². The van der Waals surface area contributed by atoms with Gasteiger partial charge in [-0.05, 0) is 56.4 Å². The minimum atomic E-state index is -1.03. The lowest BCUT2D eigenvalue weighted by Gasteiger charge is -2.30. The van der Waals surface area contributed by atoms with Crippen molar-refractivity contribution in [1.82, 2.24) is 4.90 Å². The van der Waals surface area contributed by atoms with Crippen LogP contribution in [0.15, 0.2) is 18.2 Å². The Bertz CT molecular complexity index is 889. The summed E-state index contributed by atoms with van der Waals surface area (Å²) in [6, 6.07) is 4.50. The highest BCUT2D eigenvalue weighted by atomic mass is 16.5. The van der Waals surface area contributed by atoms with Crippen LogP contribution in [0.1, 0.15) is 44.6 Å². The zero-order valence-corrected chi connectivity index (χ0v) is 18.0. The third kappa shape index (κ3) is 3.91. The van der Waals surface area contributed by atoms with Crippen LogP contribution in [-0.2, 0) is 30.3 Å². The van der Waals surface area contributed by atoms with Crippen LogP contribution in [0.4, 0.5) is 5.69 Å². The van der Waals surface area contributed by atoms with Gasteiger partial charge in [-0.25, -0.2) is 4.79 Å². The van der Waals surface area contributed by atoms with Crippen molar-refractivity contribution in [2.75, 3.05) is 25.2 Å². The van der Waals surface area contributed by atoms with Crippen LogP contribution in [0.5, 0.6) is 5.75 Å². The molecule has 2 heterocycles. The Hall–Kier alpha value is -2.90. The Labute approximate surface area is 181 Å². The van der Waals surface area contributed by atoms with Crippen LogP contribution in [0.2, 0.25) is 0 Å². The van der Waals surface area contributed by atoms with Gasteiger partial charge in [-0.3, -0.25) is 19.3 Å². The second-order valence-electron chi connectivity index (χ2n) is 8.47. The summed E-state index contributed by atoms with van der Waals surface area (Å²) in [5, 5.41) is 0. The van der Waals surface area contributed by atoms with Crippen molar-refractivity contribution in [1.29, 1.82) is 0 Å². The van der Waals surface area contributed by atoms with Gasteiger partial charge in [-0.1, -0.05) is 12.8 Å². The second kappa shape index (κ2) is 8.69. The zero-order valence-electron chi connectivity index (χ0n) is 18.0. The molecule has 0 spiro atoms. The smallest absolute Gasteiger partial charge is 0.329 e. The lowest BCUT2D eigenvalue weighted by atomic mass is 9.81. The monoisotopic (exact) mass is 428 g/mol. The lowest BCUT2D eigenvalue weighted by Crippen LogP contribution is -2.45. The summed E-state index contributed by atoms with van der Waals surface area (Å²) in [6.07, 6.45) is 4.86. The van der Waals surface area contributed by atoms with Crippen molar-refractivity contribution < 1.29 is 28.7 Å². The number of likely N-dealkylation sites (tertiary alicyclic amines) is 1. The van der Waals surface area contributed by atoms with E-state index < -0.39 is 18.6 Å². The first-order chi connectivity index (χ1) is 14.9. The predicted molar refractivity (Wildman–Crippen MR) is 111 cm³/mol. The highest BCUT2D eigenvalue weighted by molar-refractivity contribution is 6.08. The standard InChI is InChI=1S/C23H28N2O6/c1-14(25-21(27)17-7-3-4-8-18(17)22(25)28)23(29)31-13-20(26)24-11-5-6-15-12-16(30-2)9-10-19(15)24/h9-10,12,14,17-18H,3-8,11,13H2,1-2H3/t14-,17?,18?/m0/s1. The molecule has 1 aromatic rings. The van der Waals surface area contributed by atoms with Gasteiger partial charge in [-0.15, -0.1) is 0 Å². The van der Waals surface area contributed by atoms with E-state index in [1.165, 1.54) is 6.92 Å². The van der Waals surface area contributed by atoms with E-state index in [-0.39, 0.29) is 29.6 Å². The van der Waals surface area contributed by atoms with E-state index in [1.54, 1.807) is 18.1 Å². The minimum Gasteiger partial charge on any atom is -0.497 e. The third-order valence-corrected chi connectivity index (χ3v) is 6.65. The van der Waals surface area contributed by atoms with Crippen molar-refractivity contribution in [3.63, 3.8) is 0 Å². The molecular formula is C23H28N2O6. The molecule has 1 saturated heterocycles. The normalized spacial score (nSPS) is 23.8. The molecule has 0 N–H and O–H groups in total. The average molecular weight is 428 g/mol. The van der Waals surface area contributed by atoms with E-state index in [0.29, 0.717) is 19.4 Å². The van der Waals surface area contributed by atoms with E-state index >= 15 is 0 Å². The molecule has 2 aliphatic heterocycles. The van der Waals surface area contributed by atoms with Gasteiger partial charge in [-0.2, -0.15) is 0 Å². The van der Waals surface area contributed by atoms with E-state index in [1.807, 2.05) is 12.1 Å². The lowest BCUT2D eigenvalue weighted by molar-refractivity contribution is -0.159. The summed E-state index contributed by atoms with van der Waals surface area (Å²) in [4.78, 5) is 53.4. The number of hydrogen-bond donors (Lipinski definition) is 0. The van der Waals surface area contributed by atoms with E-state index in [9.17, 15) is 19.2 Å². The molecule has 8 nitrogen and oxygen atoms in total. The van der Waals surface area contributed by atoms with Crippen molar-refractivity contribution in [2.45, 2.75) is 51.5 Å². The maximum absolute atomic E-state index is 12.8. The Balaban J connectivity index is 1.38. The van der Waals surface area contributed by atoms with E-state index in [0.717, 1.165) is 47.6 Å². The highest BCUT2D eigenvalue weighted by Gasteiger charge is 2.51. The Morgan fingerprint density at radius 2 is 1.77 bits per heavy atom. The molecule has 1 saturated carbocycles. The summed E-state index contributed by atoms with van der Waals surface area (Å²) >= 11 is 0. The number of hydrogen-bond acceptors (Lipinski definition) is 6. The molecule has 2 unspecified atom stereocenters. The second-order valence-corrected chi connectivity index (χ2v) is 8.47. The molecule has 31 heavy (non-hydrogen) atoms. The Morgan fingerprint density at radius 1 is 1.10 bits per heavy atom. The van der Waals surface area contributed by atoms with E-state index in [4.69, 9.17) is 9.47 Å². The number of amides is 3. The van der Waals surface area contributed by atoms with Crippen LogP contribution < -0.4 is 9.64 Å². The molecule has 4 rings (SSSR count). The molecule has 3 amide bonds. The number of esters is 1. The number of aryl methyl sites for hydroxylation is 1. The zero-order chi connectivity index (χ0) is 22.1. The molecule has 2 fully saturated rings. The Kier molecular flexibility index (Phi) is 5.98. The first-order valence-corrected chi connectivity index (χ1v) is 10.9. The quantitative estimate of drug-likeness (QED) is 0.527. The fraction of sp³-hybridized carbons (Fsp3) is 0.565. The molecule has 1 aromatic carbocycles. The van der Waals surface area contributed by atoms with E-state index in [2.05, 4.69) is 0 Å². The summed E-state index contributed by atoms with van der Waals surface area (Å²) in [5.41, 5.74) is 1.80. The molecule has 1 aliphatic carbocycles. The maximum atomic E-state index is 12.8. The van der Waals surface area contributed by atoms with Gasteiger partial charge >= 0.3 is 5.97 Å². The largest absolute Gasteiger partial charge is 0.497 e. The topological polar surface area (TPSA) is 93.2 Å². The maximum Gasteiger partial charge on any atom is 0.329 e. The number of methoxy groups -OCH3 is 1.